The van der Waals surface area contributed by atoms with Crippen LogP contribution < -0.4 is 0 Å². The Morgan fingerprint density at radius 1 is 0.893 bits per heavy atom. The minimum Gasteiger partial charge on any atom is -0.299 e. The van der Waals surface area contributed by atoms with Crippen molar-refractivity contribution in [1.29, 1.82) is 0 Å². The number of Topliss-reactive ketones (excluding diaryl/α,β-unsaturated/α-hetero) is 2. The van der Waals surface area contributed by atoms with Crippen molar-refractivity contribution in [1.82, 2.24) is 0 Å². The highest BCUT2D eigenvalue weighted by atomic mass is 19.2. The molecule has 7 heteroatoms. The number of ketones is 2. The van der Waals surface area contributed by atoms with Gasteiger partial charge in [-0.25, -0.2) is 22.0 Å². The fourth-order valence-corrected chi connectivity index (χ4v) is 3.77. The Morgan fingerprint density at radius 2 is 1.46 bits per heavy atom. The van der Waals surface area contributed by atoms with Gasteiger partial charge >= 0.3 is 0 Å². The molecule has 2 atom stereocenters. The van der Waals surface area contributed by atoms with E-state index < -0.39 is 58.7 Å². The Labute approximate surface area is 158 Å². The molecule has 0 spiro atoms. The maximum absolute atomic E-state index is 14.4. The molecule has 0 heterocycles. The van der Waals surface area contributed by atoms with E-state index in [4.69, 9.17) is 0 Å². The van der Waals surface area contributed by atoms with Crippen LogP contribution in [0.15, 0.2) is 30.3 Å². The molecule has 0 aromatic heterocycles. The van der Waals surface area contributed by atoms with Crippen LogP contribution in [0.5, 0.6) is 0 Å². The quantitative estimate of drug-likeness (QED) is 0.290. The van der Waals surface area contributed by atoms with Gasteiger partial charge in [0.05, 0.1) is 0 Å². The van der Waals surface area contributed by atoms with Crippen LogP contribution in [0.2, 0.25) is 0 Å². The molecular formula is C21H17F5O2. The lowest BCUT2D eigenvalue weighted by Gasteiger charge is -2.30. The highest BCUT2D eigenvalue weighted by molar-refractivity contribution is 5.97. The molecular weight excluding hydrogens is 379 g/mol. The largest absolute Gasteiger partial charge is 0.299 e. The average Bonchev–Trinajstić information content (AvgIpc) is 2.71. The van der Waals surface area contributed by atoms with Crippen molar-refractivity contribution in [2.45, 2.75) is 38.0 Å². The Balaban J connectivity index is 2.10. The number of rotatable bonds is 5. The molecule has 1 fully saturated rings. The van der Waals surface area contributed by atoms with E-state index in [1.165, 1.54) is 12.1 Å². The van der Waals surface area contributed by atoms with Crippen LogP contribution in [0.1, 0.15) is 53.9 Å². The van der Waals surface area contributed by atoms with E-state index in [9.17, 15) is 31.5 Å². The van der Waals surface area contributed by atoms with Gasteiger partial charge in [-0.05, 0) is 12.8 Å². The summed E-state index contributed by atoms with van der Waals surface area (Å²) in [4.78, 5) is 25.0. The smallest absolute Gasteiger partial charge is 0.200 e. The minimum atomic E-state index is -2.26. The standard InChI is InChI=1S/C21H17F5O2/c22-17-16(18(23)20(25)21(26)19(17)24)13(12-8-4-5-9-14(12)27)10-15(28)11-6-2-1-3-7-11/h1-3,6-7,12-13H,4-5,8-10H2. The SMILES string of the molecule is O=C(CC(c1c(F)c(F)c(F)c(F)c1F)C1CCCCC1=O)c1ccccc1. The molecule has 0 N–H and O–H groups in total. The second-order valence-corrected chi connectivity index (χ2v) is 6.90. The molecule has 0 radical (unpaired) electrons. The molecule has 0 saturated heterocycles. The van der Waals surface area contributed by atoms with Gasteiger partial charge < -0.3 is 0 Å². The highest BCUT2D eigenvalue weighted by Crippen LogP contribution is 2.40. The first-order valence-corrected chi connectivity index (χ1v) is 8.95. The summed E-state index contributed by atoms with van der Waals surface area (Å²) < 4.78 is 69.8. The third-order valence-electron chi connectivity index (χ3n) is 5.20. The summed E-state index contributed by atoms with van der Waals surface area (Å²) in [6.45, 7) is 0. The Kier molecular flexibility index (Phi) is 5.91. The van der Waals surface area contributed by atoms with E-state index in [0.717, 1.165) is 0 Å². The van der Waals surface area contributed by atoms with E-state index >= 15 is 0 Å². The van der Waals surface area contributed by atoms with E-state index in [-0.39, 0.29) is 24.2 Å². The molecule has 0 bridgehead atoms. The van der Waals surface area contributed by atoms with Gasteiger partial charge in [0.1, 0.15) is 5.78 Å². The lowest BCUT2D eigenvalue weighted by molar-refractivity contribution is -0.125. The first kappa shape index (κ1) is 20.2. The van der Waals surface area contributed by atoms with Crippen LogP contribution in [-0.2, 0) is 4.79 Å². The number of benzene rings is 2. The molecule has 2 nitrogen and oxygen atoms in total. The maximum Gasteiger partial charge on any atom is 0.200 e. The zero-order valence-corrected chi connectivity index (χ0v) is 14.8. The van der Waals surface area contributed by atoms with Crippen molar-refractivity contribution in [2.75, 3.05) is 0 Å². The molecule has 3 rings (SSSR count). The summed E-state index contributed by atoms with van der Waals surface area (Å²) in [7, 11) is 0. The van der Waals surface area contributed by atoms with Crippen molar-refractivity contribution >= 4 is 11.6 Å². The predicted molar refractivity (Wildman–Crippen MR) is 91.3 cm³/mol. The number of carbonyl (C=O) groups is 2. The van der Waals surface area contributed by atoms with Gasteiger partial charge in [0.25, 0.3) is 0 Å². The lowest BCUT2D eigenvalue weighted by Crippen LogP contribution is -2.29. The van der Waals surface area contributed by atoms with E-state index in [1.54, 1.807) is 18.2 Å². The predicted octanol–water partition coefficient (Wildman–Crippen LogP) is 5.50. The molecule has 2 aromatic rings. The number of carbonyl (C=O) groups excluding carboxylic acids is 2. The van der Waals surface area contributed by atoms with Gasteiger partial charge in [0, 0.05) is 35.8 Å². The molecule has 1 aliphatic rings. The summed E-state index contributed by atoms with van der Waals surface area (Å²) in [5.41, 5.74) is -0.847. The first-order chi connectivity index (χ1) is 13.3. The van der Waals surface area contributed by atoms with E-state index in [2.05, 4.69) is 0 Å². The molecule has 1 aliphatic carbocycles. The molecule has 0 aliphatic heterocycles. The summed E-state index contributed by atoms with van der Waals surface area (Å²) in [5.74, 6) is -13.7. The van der Waals surface area contributed by atoms with Crippen molar-refractivity contribution in [3.63, 3.8) is 0 Å². The Hall–Kier alpha value is -2.57. The van der Waals surface area contributed by atoms with E-state index in [1.807, 2.05) is 0 Å². The third-order valence-corrected chi connectivity index (χ3v) is 5.20. The van der Waals surface area contributed by atoms with Crippen LogP contribution in [0, 0.1) is 35.0 Å². The van der Waals surface area contributed by atoms with Gasteiger partial charge in [0.2, 0.25) is 5.82 Å². The number of hydrogen-bond donors (Lipinski definition) is 0. The normalized spacial score (nSPS) is 18.2. The van der Waals surface area contributed by atoms with Crippen LogP contribution in [0.25, 0.3) is 0 Å². The topological polar surface area (TPSA) is 34.1 Å². The monoisotopic (exact) mass is 396 g/mol. The van der Waals surface area contributed by atoms with Crippen LogP contribution >= 0.6 is 0 Å². The highest BCUT2D eigenvalue weighted by Gasteiger charge is 2.39. The Bertz CT molecular complexity index is 882. The van der Waals surface area contributed by atoms with Gasteiger partial charge in [-0.15, -0.1) is 0 Å². The van der Waals surface area contributed by atoms with E-state index in [0.29, 0.717) is 12.8 Å². The lowest BCUT2D eigenvalue weighted by atomic mass is 9.73. The molecule has 28 heavy (non-hydrogen) atoms. The van der Waals surface area contributed by atoms with Crippen molar-refractivity contribution in [3.05, 3.63) is 70.5 Å². The number of hydrogen-bond acceptors (Lipinski definition) is 2. The molecule has 2 unspecified atom stereocenters. The minimum absolute atomic E-state index is 0.149. The summed E-state index contributed by atoms with van der Waals surface area (Å²) >= 11 is 0. The average molecular weight is 396 g/mol. The number of halogens is 5. The van der Waals surface area contributed by atoms with Crippen LogP contribution in [0.3, 0.4) is 0 Å². The fourth-order valence-electron chi connectivity index (χ4n) is 3.77. The second kappa shape index (κ2) is 8.20. The van der Waals surface area contributed by atoms with Gasteiger partial charge in [-0.3, -0.25) is 9.59 Å². The van der Waals surface area contributed by atoms with Crippen LogP contribution in [0.4, 0.5) is 22.0 Å². The third kappa shape index (κ3) is 3.70. The molecule has 0 amide bonds. The zero-order chi connectivity index (χ0) is 20.4. The first-order valence-electron chi connectivity index (χ1n) is 8.95. The van der Waals surface area contributed by atoms with Crippen molar-refractivity contribution < 1.29 is 31.5 Å². The summed E-state index contributed by atoms with van der Waals surface area (Å²) in [6, 6.07) is 7.82. The van der Waals surface area contributed by atoms with Gasteiger partial charge in [-0.1, -0.05) is 36.8 Å². The van der Waals surface area contributed by atoms with Crippen molar-refractivity contribution in [2.24, 2.45) is 5.92 Å². The maximum atomic E-state index is 14.4. The second-order valence-electron chi connectivity index (χ2n) is 6.90. The summed E-state index contributed by atoms with van der Waals surface area (Å²) in [5, 5.41) is 0. The molecule has 2 aromatic carbocycles. The van der Waals surface area contributed by atoms with Crippen LogP contribution in [-0.4, -0.2) is 11.6 Å². The fraction of sp³-hybridized carbons (Fsp3) is 0.333. The van der Waals surface area contributed by atoms with Crippen molar-refractivity contribution in [3.8, 4) is 0 Å². The van der Waals surface area contributed by atoms with Gasteiger partial charge in [-0.2, -0.15) is 0 Å². The molecule has 1 saturated carbocycles. The van der Waals surface area contributed by atoms with Gasteiger partial charge in [0.15, 0.2) is 29.1 Å². The molecule has 148 valence electrons. The Morgan fingerprint density at radius 3 is 2.04 bits per heavy atom. The zero-order valence-electron chi connectivity index (χ0n) is 14.8. The summed E-state index contributed by atoms with van der Waals surface area (Å²) in [6.07, 6.45) is 1.01.